The van der Waals surface area contributed by atoms with Gasteiger partial charge in [-0.15, -0.1) is 12.4 Å². The van der Waals surface area contributed by atoms with Gasteiger partial charge in [-0.3, -0.25) is 0 Å². The van der Waals surface area contributed by atoms with Gasteiger partial charge >= 0.3 is 5.97 Å². The maximum Gasteiger partial charge on any atom is 0.341 e. The van der Waals surface area contributed by atoms with E-state index in [1.807, 2.05) is 6.26 Å². The Kier molecular flexibility index (Phi) is 7.86. The Balaban J connectivity index is 0.00000256. The van der Waals surface area contributed by atoms with Crippen molar-refractivity contribution < 1.29 is 9.53 Å². The van der Waals surface area contributed by atoms with Gasteiger partial charge in [-0.1, -0.05) is 11.8 Å². The molecule has 2 N–H and O–H groups in total. The van der Waals surface area contributed by atoms with Crippen LogP contribution >= 0.6 is 24.2 Å². The van der Waals surface area contributed by atoms with Crippen molar-refractivity contribution >= 4 is 30.1 Å². The van der Waals surface area contributed by atoms with Gasteiger partial charge < -0.3 is 10.5 Å². The molecule has 0 atom stereocenters. The van der Waals surface area contributed by atoms with Crippen LogP contribution in [0.3, 0.4) is 0 Å². The second-order valence-corrected chi connectivity index (χ2v) is 3.75. The van der Waals surface area contributed by atoms with Crippen molar-refractivity contribution in [1.29, 1.82) is 0 Å². The highest BCUT2D eigenvalue weighted by Crippen LogP contribution is 2.13. The van der Waals surface area contributed by atoms with Crippen LogP contribution in [-0.2, 0) is 11.2 Å². The average molecular weight is 278 g/mol. The van der Waals surface area contributed by atoms with Crippen LogP contribution in [0.1, 0.15) is 23.0 Å². The van der Waals surface area contributed by atoms with Crippen LogP contribution in [0.15, 0.2) is 11.4 Å². The Morgan fingerprint density at radius 3 is 2.82 bits per heavy atom. The van der Waals surface area contributed by atoms with E-state index in [0.29, 0.717) is 36.0 Å². The lowest BCUT2D eigenvalue weighted by Crippen LogP contribution is -2.14. The molecule has 0 aliphatic heterocycles. The summed E-state index contributed by atoms with van der Waals surface area (Å²) in [6.07, 6.45) is 3.93. The van der Waals surface area contributed by atoms with Gasteiger partial charge in [0, 0.05) is 12.6 Å². The molecule has 1 rings (SSSR count). The second kappa shape index (κ2) is 8.27. The number of halogens is 1. The zero-order chi connectivity index (χ0) is 12.0. The number of esters is 1. The predicted molar refractivity (Wildman–Crippen MR) is 69.8 cm³/mol. The quantitative estimate of drug-likeness (QED) is 0.496. The number of aromatic nitrogens is 2. The summed E-state index contributed by atoms with van der Waals surface area (Å²) in [6.45, 7) is 2.54. The highest BCUT2D eigenvalue weighted by atomic mass is 35.5. The number of ether oxygens (including phenoxy) is 1. The maximum atomic E-state index is 11.6. The van der Waals surface area contributed by atoms with Crippen molar-refractivity contribution in [2.24, 2.45) is 5.73 Å². The van der Waals surface area contributed by atoms with Gasteiger partial charge in [0.15, 0.2) is 5.16 Å². The van der Waals surface area contributed by atoms with E-state index in [1.165, 1.54) is 18.0 Å². The van der Waals surface area contributed by atoms with E-state index in [9.17, 15) is 4.79 Å². The SMILES string of the molecule is CCOC(=O)c1cnc(SC)nc1CCN.Cl. The lowest BCUT2D eigenvalue weighted by atomic mass is 10.2. The first-order chi connectivity index (χ1) is 7.72. The van der Waals surface area contributed by atoms with Crippen LogP contribution in [0.4, 0.5) is 0 Å². The number of rotatable bonds is 5. The van der Waals surface area contributed by atoms with Gasteiger partial charge in [-0.05, 0) is 19.7 Å². The van der Waals surface area contributed by atoms with E-state index in [0.717, 1.165) is 0 Å². The lowest BCUT2D eigenvalue weighted by Gasteiger charge is -2.07. The number of hydrogen-bond acceptors (Lipinski definition) is 6. The van der Waals surface area contributed by atoms with Crippen molar-refractivity contribution in [3.63, 3.8) is 0 Å². The highest BCUT2D eigenvalue weighted by Gasteiger charge is 2.14. The van der Waals surface area contributed by atoms with E-state index in [4.69, 9.17) is 10.5 Å². The zero-order valence-electron chi connectivity index (χ0n) is 9.80. The minimum Gasteiger partial charge on any atom is -0.462 e. The van der Waals surface area contributed by atoms with Crippen LogP contribution in [0.25, 0.3) is 0 Å². The summed E-state index contributed by atoms with van der Waals surface area (Å²) in [6, 6.07) is 0. The van der Waals surface area contributed by atoms with Crippen molar-refractivity contribution in [1.82, 2.24) is 9.97 Å². The summed E-state index contributed by atoms with van der Waals surface area (Å²) in [4.78, 5) is 19.9. The fourth-order valence-electron chi connectivity index (χ4n) is 1.20. The fraction of sp³-hybridized carbons (Fsp3) is 0.500. The Morgan fingerprint density at radius 2 is 2.29 bits per heavy atom. The molecule has 0 radical (unpaired) electrons. The maximum absolute atomic E-state index is 11.6. The molecule has 1 aromatic heterocycles. The predicted octanol–water partition coefficient (Wildman–Crippen LogP) is 1.30. The second-order valence-electron chi connectivity index (χ2n) is 2.98. The third-order valence-electron chi connectivity index (χ3n) is 1.90. The third-order valence-corrected chi connectivity index (χ3v) is 2.47. The Labute approximate surface area is 111 Å². The first-order valence-electron chi connectivity index (χ1n) is 5.00. The molecule has 1 aromatic rings. The molecule has 0 saturated carbocycles. The number of carbonyl (C=O) groups is 1. The van der Waals surface area contributed by atoms with E-state index in [2.05, 4.69) is 9.97 Å². The zero-order valence-corrected chi connectivity index (χ0v) is 11.4. The lowest BCUT2D eigenvalue weighted by molar-refractivity contribution is 0.0523. The van der Waals surface area contributed by atoms with E-state index in [1.54, 1.807) is 6.92 Å². The Hall–Kier alpha value is -0.850. The normalized spacial score (nSPS) is 9.59. The molecule has 0 unspecified atom stereocenters. The Bertz CT molecular complexity index is 377. The summed E-state index contributed by atoms with van der Waals surface area (Å²) in [5, 5.41) is 0.636. The summed E-state index contributed by atoms with van der Waals surface area (Å²) in [5.41, 5.74) is 6.54. The molecule has 1 heterocycles. The van der Waals surface area contributed by atoms with Crippen LogP contribution in [0.2, 0.25) is 0 Å². The summed E-state index contributed by atoms with van der Waals surface area (Å²) in [7, 11) is 0. The minimum absolute atomic E-state index is 0. The minimum atomic E-state index is -0.390. The van der Waals surface area contributed by atoms with Gasteiger partial charge in [0.1, 0.15) is 0 Å². The largest absolute Gasteiger partial charge is 0.462 e. The summed E-state index contributed by atoms with van der Waals surface area (Å²) >= 11 is 1.43. The van der Waals surface area contributed by atoms with E-state index < -0.39 is 5.97 Å². The molecule has 0 bridgehead atoms. The number of nitrogens with zero attached hydrogens (tertiary/aromatic N) is 2. The van der Waals surface area contributed by atoms with Crippen molar-refractivity contribution in [2.75, 3.05) is 19.4 Å². The number of thioether (sulfide) groups is 1. The molecule has 0 amide bonds. The molecule has 0 spiro atoms. The molecule has 0 aromatic carbocycles. The van der Waals surface area contributed by atoms with Gasteiger partial charge in [-0.25, -0.2) is 14.8 Å². The van der Waals surface area contributed by atoms with Gasteiger partial charge in [0.05, 0.1) is 17.9 Å². The molecule has 17 heavy (non-hydrogen) atoms. The van der Waals surface area contributed by atoms with E-state index in [-0.39, 0.29) is 12.4 Å². The van der Waals surface area contributed by atoms with Crippen LogP contribution in [-0.4, -0.2) is 35.3 Å². The molecular weight excluding hydrogens is 262 g/mol. The summed E-state index contributed by atoms with van der Waals surface area (Å²) in [5.74, 6) is -0.390. The first kappa shape index (κ1) is 16.1. The number of hydrogen-bond donors (Lipinski definition) is 1. The van der Waals surface area contributed by atoms with Gasteiger partial charge in [0.25, 0.3) is 0 Å². The van der Waals surface area contributed by atoms with Crippen molar-refractivity contribution in [2.45, 2.75) is 18.5 Å². The van der Waals surface area contributed by atoms with Crippen LogP contribution < -0.4 is 5.73 Å². The van der Waals surface area contributed by atoms with Crippen molar-refractivity contribution in [3.05, 3.63) is 17.5 Å². The Morgan fingerprint density at radius 1 is 1.59 bits per heavy atom. The molecular formula is C10H16ClN3O2S. The van der Waals surface area contributed by atoms with Gasteiger partial charge in [0.2, 0.25) is 0 Å². The molecule has 96 valence electrons. The average Bonchev–Trinajstić information content (AvgIpc) is 2.29. The van der Waals surface area contributed by atoms with Crippen molar-refractivity contribution in [3.8, 4) is 0 Å². The number of carbonyl (C=O) groups excluding carboxylic acids is 1. The smallest absolute Gasteiger partial charge is 0.341 e. The standard InChI is InChI=1S/C10H15N3O2S.ClH/c1-3-15-9(14)7-6-12-10(16-2)13-8(7)4-5-11;/h6H,3-5,11H2,1-2H3;1H. The topological polar surface area (TPSA) is 78.1 Å². The first-order valence-corrected chi connectivity index (χ1v) is 6.22. The molecule has 0 fully saturated rings. The third kappa shape index (κ3) is 4.49. The molecule has 0 aliphatic carbocycles. The number of nitrogens with two attached hydrogens (primary N) is 1. The monoisotopic (exact) mass is 277 g/mol. The van der Waals surface area contributed by atoms with Crippen LogP contribution in [0.5, 0.6) is 0 Å². The van der Waals surface area contributed by atoms with Crippen LogP contribution in [0, 0.1) is 0 Å². The molecule has 0 saturated heterocycles. The molecule has 0 aliphatic rings. The highest BCUT2D eigenvalue weighted by molar-refractivity contribution is 7.98. The molecule has 7 heteroatoms. The van der Waals surface area contributed by atoms with E-state index >= 15 is 0 Å². The fourth-order valence-corrected chi connectivity index (χ4v) is 1.56. The van der Waals surface area contributed by atoms with Gasteiger partial charge in [-0.2, -0.15) is 0 Å². The molecule has 5 nitrogen and oxygen atoms in total. The summed E-state index contributed by atoms with van der Waals surface area (Å²) < 4.78 is 4.92.